The molecule has 3 heterocycles. The van der Waals surface area contributed by atoms with Crippen molar-refractivity contribution in [3.63, 3.8) is 0 Å². The Hall–Kier alpha value is -4.07. The van der Waals surface area contributed by atoms with Crippen LogP contribution in [0.3, 0.4) is 0 Å². The molecule has 0 fully saturated rings. The summed E-state index contributed by atoms with van der Waals surface area (Å²) in [7, 11) is 0. The smallest absolute Gasteiger partial charge is 0.324 e. The number of hydrogen-bond donors (Lipinski definition) is 1. The molecule has 0 saturated carbocycles. The molecule has 1 amide bonds. The largest absolute Gasteiger partial charge is 0.332 e. The summed E-state index contributed by atoms with van der Waals surface area (Å²) in [5.41, 5.74) is 1.84. The summed E-state index contributed by atoms with van der Waals surface area (Å²) in [5, 5.41) is 2.87. The van der Waals surface area contributed by atoms with E-state index in [4.69, 9.17) is 0 Å². The van der Waals surface area contributed by atoms with Gasteiger partial charge in [0.25, 0.3) is 5.56 Å². The van der Waals surface area contributed by atoms with Gasteiger partial charge in [-0.3, -0.25) is 23.7 Å². The Morgan fingerprint density at radius 2 is 1.74 bits per heavy atom. The van der Waals surface area contributed by atoms with Crippen LogP contribution < -0.4 is 16.6 Å². The van der Waals surface area contributed by atoms with Gasteiger partial charge in [0.2, 0.25) is 5.91 Å². The van der Waals surface area contributed by atoms with Crippen molar-refractivity contribution in [2.75, 3.05) is 5.32 Å². The predicted molar refractivity (Wildman–Crippen MR) is 118 cm³/mol. The number of aryl methyl sites for hydroxylation is 1. The molecule has 0 spiro atoms. The van der Waals surface area contributed by atoms with Gasteiger partial charge in [-0.25, -0.2) is 9.78 Å². The fourth-order valence-electron chi connectivity index (χ4n) is 3.49. The quantitative estimate of drug-likeness (QED) is 0.521. The lowest BCUT2D eigenvalue weighted by Gasteiger charge is -2.14. The highest BCUT2D eigenvalue weighted by molar-refractivity contribution is 5.92. The molecule has 0 atom stereocenters. The maximum Gasteiger partial charge on any atom is 0.332 e. The van der Waals surface area contributed by atoms with Gasteiger partial charge >= 0.3 is 5.69 Å². The molecule has 0 aliphatic rings. The van der Waals surface area contributed by atoms with Crippen molar-refractivity contribution in [2.24, 2.45) is 0 Å². The van der Waals surface area contributed by atoms with Crippen LogP contribution in [0.1, 0.15) is 18.1 Å². The maximum absolute atomic E-state index is 13.2. The second kappa shape index (κ2) is 8.74. The molecule has 3 aromatic heterocycles. The number of rotatable bonds is 6. The summed E-state index contributed by atoms with van der Waals surface area (Å²) < 4.78 is 2.38. The number of amides is 1. The third-order valence-electron chi connectivity index (χ3n) is 5.05. The van der Waals surface area contributed by atoms with Gasteiger partial charge in [-0.15, -0.1) is 0 Å². The number of fused-ring (bicyclic) bond motifs is 1. The van der Waals surface area contributed by atoms with E-state index < -0.39 is 11.2 Å². The number of carbonyl (C=O) groups is 1. The number of pyridine rings is 2. The van der Waals surface area contributed by atoms with E-state index in [1.165, 1.54) is 10.8 Å². The summed E-state index contributed by atoms with van der Waals surface area (Å²) in [6.45, 7) is 1.83. The van der Waals surface area contributed by atoms with Gasteiger partial charge in [0, 0.05) is 24.3 Å². The number of hydrogen-bond acceptors (Lipinski definition) is 5. The van der Waals surface area contributed by atoms with E-state index in [1.54, 1.807) is 36.7 Å². The van der Waals surface area contributed by atoms with E-state index in [0.29, 0.717) is 11.2 Å². The lowest BCUT2D eigenvalue weighted by molar-refractivity contribution is -0.116. The van der Waals surface area contributed by atoms with E-state index in [-0.39, 0.29) is 24.5 Å². The SMILES string of the molecule is CCc1ccccc1NC(=O)Cn1c(=O)n(Cc2ccncc2)c(=O)c2ncccc21. The highest BCUT2D eigenvalue weighted by Crippen LogP contribution is 2.15. The first-order valence-electron chi connectivity index (χ1n) is 9.93. The fraction of sp³-hybridized carbons (Fsp3) is 0.174. The van der Waals surface area contributed by atoms with Crippen LogP contribution in [-0.4, -0.2) is 25.0 Å². The zero-order valence-corrected chi connectivity index (χ0v) is 17.0. The third kappa shape index (κ3) is 4.13. The summed E-state index contributed by atoms with van der Waals surface area (Å²) in [4.78, 5) is 47.1. The van der Waals surface area contributed by atoms with Gasteiger partial charge < -0.3 is 5.32 Å². The minimum absolute atomic E-state index is 0.0625. The van der Waals surface area contributed by atoms with Crippen molar-refractivity contribution in [2.45, 2.75) is 26.4 Å². The van der Waals surface area contributed by atoms with E-state index >= 15 is 0 Å². The number of anilines is 1. The molecule has 0 aliphatic heterocycles. The van der Waals surface area contributed by atoms with Crippen molar-refractivity contribution < 1.29 is 4.79 Å². The van der Waals surface area contributed by atoms with Gasteiger partial charge in [0.05, 0.1) is 12.1 Å². The van der Waals surface area contributed by atoms with Crippen LogP contribution in [-0.2, 0) is 24.3 Å². The second-order valence-corrected chi connectivity index (χ2v) is 7.05. The van der Waals surface area contributed by atoms with Crippen LogP contribution in [0.25, 0.3) is 11.0 Å². The van der Waals surface area contributed by atoms with Gasteiger partial charge in [0.15, 0.2) is 5.52 Å². The molecule has 8 heteroatoms. The first kappa shape index (κ1) is 20.2. The summed E-state index contributed by atoms with van der Waals surface area (Å²) in [5.74, 6) is -0.359. The van der Waals surface area contributed by atoms with E-state index in [2.05, 4.69) is 15.3 Å². The lowest BCUT2D eigenvalue weighted by Crippen LogP contribution is -2.42. The second-order valence-electron chi connectivity index (χ2n) is 7.05. The van der Waals surface area contributed by atoms with Crippen LogP contribution >= 0.6 is 0 Å². The summed E-state index contributed by atoms with van der Waals surface area (Å²) >= 11 is 0. The first-order valence-corrected chi connectivity index (χ1v) is 9.93. The van der Waals surface area contributed by atoms with Crippen molar-refractivity contribution in [3.8, 4) is 0 Å². The Balaban J connectivity index is 1.75. The maximum atomic E-state index is 13.2. The molecule has 156 valence electrons. The number of nitrogens with one attached hydrogen (secondary N) is 1. The number of aromatic nitrogens is 4. The van der Waals surface area contributed by atoms with Crippen LogP contribution in [0.5, 0.6) is 0 Å². The number of nitrogens with zero attached hydrogens (tertiary/aromatic N) is 4. The normalized spacial score (nSPS) is 10.9. The third-order valence-corrected chi connectivity index (χ3v) is 5.05. The van der Waals surface area contributed by atoms with Crippen LogP contribution in [0.15, 0.2) is 76.7 Å². The molecule has 0 bridgehead atoms. The standard InChI is InChI=1S/C23H21N5O3/c1-2-17-6-3-4-7-18(17)26-20(29)15-27-19-8-5-11-25-21(19)22(30)28(23(27)31)14-16-9-12-24-13-10-16/h3-13H,2,14-15H2,1H3,(H,26,29). The monoisotopic (exact) mass is 415 g/mol. The molecule has 0 aliphatic carbocycles. The Bertz CT molecular complexity index is 1360. The number of carbonyl (C=O) groups excluding carboxylic acids is 1. The topological polar surface area (TPSA) is 98.9 Å². The molecule has 0 unspecified atom stereocenters. The first-order chi connectivity index (χ1) is 15.1. The molecule has 31 heavy (non-hydrogen) atoms. The highest BCUT2D eigenvalue weighted by atomic mass is 16.2. The van der Waals surface area contributed by atoms with Gasteiger partial charge in [-0.1, -0.05) is 25.1 Å². The van der Waals surface area contributed by atoms with Crippen molar-refractivity contribution >= 4 is 22.6 Å². The minimum Gasteiger partial charge on any atom is -0.324 e. The lowest BCUT2D eigenvalue weighted by atomic mass is 10.1. The van der Waals surface area contributed by atoms with E-state index in [1.807, 2.05) is 31.2 Å². The Kier molecular flexibility index (Phi) is 5.70. The Labute approximate surface area is 177 Å². The van der Waals surface area contributed by atoms with Crippen LogP contribution in [0.4, 0.5) is 5.69 Å². The predicted octanol–water partition coefficient (Wildman–Crippen LogP) is 2.20. The average molecular weight is 415 g/mol. The van der Waals surface area contributed by atoms with Gasteiger partial charge in [-0.2, -0.15) is 0 Å². The zero-order chi connectivity index (χ0) is 21.8. The fourth-order valence-corrected chi connectivity index (χ4v) is 3.49. The van der Waals surface area contributed by atoms with Crippen molar-refractivity contribution in [3.05, 3.63) is 99.1 Å². The van der Waals surface area contributed by atoms with Crippen molar-refractivity contribution in [1.82, 2.24) is 19.1 Å². The molecule has 1 aromatic carbocycles. The Morgan fingerprint density at radius 3 is 2.52 bits per heavy atom. The highest BCUT2D eigenvalue weighted by Gasteiger charge is 2.17. The van der Waals surface area contributed by atoms with E-state index in [0.717, 1.165) is 22.1 Å². The van der Waals surface area contributed by atoms with Gasteiger partial charge in [0.1, 0.15) is 6.54 Å². The summed E-state index contributed by atoms with van der Waals surface area (Å²) in [6.07, 6.45) is 5.45. The number of para-hydroxylation sites is 1. The Morgan fingerprint density at radius 1 is 0.968 bits per heavy atom. The molecule has 1 N–H and O–H groups in total. The van der Waals surface area contributed by atoms with Crippen LogP contribution in [0, 0.1) is 0 Å². The molecular formula is C23H21N5O3. The molecule has 0 radical (unpaired) electrons. The average Bonchev–Trinajstić information content (AvgIpc) is 2.80. The summed E-state index contributed by atoms with van der Waals surface area (Å²) in [6, 6.07) is 14.2. The van der Waals surface area contributed by atoms with Gasteiger partial charge in [-0.05, 0) is 47.9 Å². The van der Waals surface area contributed by atoms with Crippen LogP contribution in [0.2, 0.25) is 0 Å². The molecule has 0 saturated heterocycles. The number of benzene rings is 1. The molecular weight excluding hydrogens is 394 g/mol. The zero-order valence-electron chi connectivity index (χ0n) is 17.0. The molecule has 8 nitrogen and oxygen atoms in total. The van der Waals surface area contributed by atoms with Crippen molar-refractivity contribution in [1.29, 1.82) is 0 Å². The minimum atomic E-state index is -0.568. The van der Waals surface area contributed by atoms with E-state index in [9.17, 15) is 14.4 Å². The molecule has 4 rings (SSSR count). The molecule has 4 aromatic rings.